The number of halogens is 1. The average molecular weight is 329 g/mol. The molecule has 3 aromatic rings. The molecule has 6 heteroatoms. The van der Waals surface area contributed by atoms with Crippen LogP contribution in [0.1, 0.15) is 19.3 Å². The summed E-state index contributed by atoms with van der Waals surface area (Å²) in [5, 5.41) is 8.53. The summed E-state index contributed by atoms with van der Waals surface area (Å²) >= 11 is 1.43. The third kappa shape index (κ3) is 2.80. The smallest absolute Gasteiger partial charge is 0.243 e. The van der Waals surface area contributed by atoms with E-state index in [1.165, 1.54) is 23.5 Å². The molecule has 4 rings (SSSR count). The van der Waals surface area contributed by atoms with Gasteiger partial charge in [-0.15, -0.1) is 0 Å². The van der Waals surface area contributed by atoms with Gasteiger partial charge in [-0.1, -0.05) is 23.8 Å². The van der Waals surface area contributed by atoms with E-state index in [-0.39, 0.29) is 17.8 Å². The fourth-order valence-electron chi connectivity index (χ4n) is 3.01. The van der Waals surface area contributed by atoms with Crippen LogP contribution in [0.4, 0.5) is 9.52 Å². The minimum absolute atomic E-state index is 0.0286. The Morgan fingerprint density at radius 1 is 1.30 bits per heavy atom. The number of anilines is 1. The zero-order valence-corrected chi connectivity index (χ0v) is 13.3. The number of carbonyl (C=O) groups excluding carboxylic acids is 1. The molecule has 0 saturated carbocycles. The fraction of sp³-hybridized carbons (Fsp3) is 0.294. The monoisotopic (exact) mass is 329 g/mol. The zero-order valence-electron chi connectivity index (χ0n) is 12.4. The summed E-state index contributed by atoms with van der Waals surface area (Å²) < 4.78 is 14.3. The Kier molecular flexibility index (Phi) is 3.71. The van der Waals surface area contributed by atoms with Gasteiger partial charge in [-0.25, -0.2) is 9.37 Å². The van der Waals surface area contributed by atoms with Crippen molar-refractivity contribution in [1.82, 2.24) is 10.3 Å². The number of fused-ring (bicyclic) bond motifs is 3. The molecule has 4 nitrogen and oxygen atoms in total. The quantitative estimate of drug-likeness (QED) is 0.754. The first-order chi connectivity index (χ1) is 11.2. The topological polar surface area (TPSA) is 54.0 Å². The number of benzene rings is 2. The van der Waals surface area contributed by atoms with E-state index in [1.807, 2.05) is 12.1 Å². The number of carbonyl (C=O) groups is 1. The van der Waals surface area contributed by atoms with Crippen LogP contribution in [0.15, 0.2) is 30.3 Å². The number of aromatic nitrogens is 1. The van der Waals surface area contributed by atoms with Gasteiger partial charge in [0.25, 0.3) is 0 Å². The lowest BCUT2D eigenvalue weighted by Crippen LogP contribution is -2.43. The number of hydrogen-bond acceptors (Lipinski definition) is 4. The van der Waals surface area contributed by atoms with E-state index in [2.05, 4.69) is 15.6 Å². The molecule has 2 N–H and O–H groups in total. The van der Waals surface area contributed by atoms with E-state index in [1.54, 1.807) is 6.07 Å². The molecule has 1 aliphatic rings. The normalized spacial score (nSPS) is 18.4. The second-order valence-electron chi connectivity index (χ2n) is 5.79. The maximum Gasteiger partial charge on any atom is 0.243 e. The number of rotatable bonds is 2. The first kappa shape index (κ1) is 14.5. The number of piperidine rings is 1. The molecule has 0 radical (unpaired) electrons. The van der Waals surface area contributed by atoms with Crippen LogP contribution in [-0.4, -0.2) is 23.5 Å². The van der Waals surface area contributed by atoms with Gasteiger partial charge in [0.15, 0.2) is 5.13 Å². The van der Waals surface area contributed by atoms with Crippen LogP contribution in [-0.2, 0) is 4.79 Å². The molecule has 1 aliphatic heterocycles. The molecule has 0 aliphatic carbocycles. The lowest BCUT2D eigenvalue weighted by molar-refractivity contribution is -0.118. The van der Waals surface area contributed by atoms with Gasteiger partial charge in [0.1, 0.15) is 5.82 Å². The van der Waals surface area contributed by atoms with Crippen molar-refractivity contribution in [1.29, 1.82) is 0 Å². The van der Waals surface area contributed by atoms with Crippen molar-refractivity contribution in [2.75, 3.05) is 11.9 Å². The molecule has 2 aromatic carbocycles. The van der Waals surface area contributed by atoms with Crippen molar-refractivity contribution in [3.05, 3.63) is 36.1 Å². The highest BCUT2D eigenvalue weighted by Crippen LogP contribution is 2.33. The van der Waals surface area contributed by atoms with E-state index >= 15 is 0 Å². The van der Waals surface area contributed by atoms with Gasteiger partial charge in [0, 0.05) is 5.39 Å². The molecule has 23 heavy (non-hydrogen) atoms. The molecule has 2 heterocycles. The van der Waals surface area contributed by atoms with Crippen molar-refractivity contribution < 1.29 is 9.18 Å². The largest absolute Gasteiger partial charge is 0.306 e. The second kappa shape index (κ2) is 5.86. The molecular weight excluding hydrogens is 313 g/mol. The molecule has 0 spiro atoms. The van der Waals surface area contributed by atoms with Crippen molar-refractivity contribution in [3.8, 4) is 0 Å². The Balaban J connectivity index is 1.66. The number of thiazole rings is 1. The van der Waals surface area contributed by atoms with E-state index in [0.29, 0.717) is 5.13 Å². The predicted molar refractivity (Wildman–Crippen MR) is 91.4 cm³/mol. The first-order valence-corrected chi connectivity index (χ1v) is 8.55. The van der Waals surface area contributed by atoms with E-state index in [0.717, 1.165) is 46.8 Å². The summed E-state index contributed by atoms with van der Waals surface area (Å²) in [6.45, 7) is 0.883. The molecule has 1 atom stereocenters. The SMILES string of the molecule is O=C(Nc1nc2ccc3cc(F)ccc3c2s1)[C@H]1CCCCN1. The molecule has 0 unspecified atom stereocenters. The maximum absolute atomic E-state index is 13.3. The number of nitrogens with zero attached hydrogens (tertiary/aromatic N) is 1. The third-order valence-corrected chi connectivity index (χ3v) is 5.21. The van der Waals surface area contributed by atoms with Gasteiger partial charge >= 0.3 is 0 Å². The first-order valence-electron chi connectivity index (χ1n) is 7.74. The Hall–Kier alpha value is -2.05. The summed E-state index contributed by atoms with van der Waals surface area (Å²) in [7, 11) is 0. The lowest BCUT2D eigenvalue weighted by atomic mass is 10.0. The van der Waals surface area contributed by atoms with Crippen LogP contribution in [0.5, 0.6) is 0 Å². The van der Waals surface area contributed by atoms with Gasteiger partial charge < -0.3 is 10.6 Å². The van der Waals surface area contributed by atoms with Crippen molar-refractivity contribution in [3.63, 3.8) is 0 Å². The van der Waals surface area contributed by atoms with Crippen LogP contribution >= 0.6 is 11.3 Å². The van der Waals surface area contributed by atoms with Crippen LogP contribution in [0.25, 0.3) is 21.0 Å². The van der Waals surface area contributed by atoms with Gasteiger partial charge in [-0.2, -0.15) is 0 Å². The highest BCUT2D eigenvalue weighted by molar-refractivity contribution is 7.23. The standard InChI is InChI=1S/C17H16FN3OS/c18-11-5-6-12-10(9-11)4-7-13-15(12)23-17(20-13)21-16(22)14-3-1-2-8-19-14/h4-7,9,14,19H,1-3,8H2,(H,20,21,22)/t14-/m1/s1. The minimum Gasteiger partial charge on any atom is -0.306 e. The van der Waals surface area contributed by atoms with Crippen molar-refractivity contribution in [2.45, 2.75) is 25.3 Å². The highest BCUT2D eigenvalue weighted by atomic mass is 32.1. The van der Waals surface area contributed by atoms with E-state index in [9.17, 15) is 9.18 Å². The number of hydrogen-bond donors (Lipinski definition) is 2. The molecule has 1 amide bonds. The fourth-order valence-corrected chi connectivity index (χ4v) is 4.01. The predicted octanol–water partition coefficient (Wildman–Crippen LogP) is 3.67. The summed E-state index contributed by atoms with van der Waals surface area (Å²) in [6, 6.07) is 8.31. The second-order valence-corrected chi connectivity index (χ2v) is 6.79. The van der Waals surface area contributed by atoms with Gasteiger partial charge in [-0.05, 0) is 49.0 Å². The molecule has 1 fully saturated rings. The minimum atomic E-state index is -0.252. The summed E-state index contributed by atoms with van der Waals surface area (Å²) in [5.74, 6) is -0.280. The Morgan fingerprint density at radius 2 is 2.22 bits per heavy atom. The van der Waals surface area contributed by atoms with Crippen molar-refractivity contribution in [2.24, 2.45) is 0 Å². The Bertz CT molecular complexity index is 886. The molecule has 118 valence electrons. The third-order valence-electron chi connectivity index (χ3n) is 4.19. The van der Waals surface area contributed by atoms with Gasteiger partial charge in [0.2, 0.25) is 5.91 Å². The average Bonchev–Trinajstić information content (AvgIpc) is 2.98. The van der Waals surface area contributed by atoms with E-state index < -0.39 is 0 Å². The van der Waals surface area contributed by atoms with Crippen LogP contribution in [0.2, 0.25) is 0 Å². The molecule has 0 bridgehead atoms. The number of amides is 1. The molecule has 1 saturated heterocycles. The number of nitrogens with one attached hydrogen (secondary N) is 2. The highest BCUT2D eigenvalue weighted by Gasteiger charge is 2.21. The Morgan fingerprint density at radius 3 is 3.04 bits per heavy atom. The van der Waals surface area contributed by atoms with Crippen LogP contribution in [0.3, 0.4) is 0 Å². The zero-order chi connectivity index (χ0) is 15.8. The lowest BCUT2D eigenvalue weighted by Gasteiger charge is -2.21. The summed E-state index contributed by atoms with van der Waals surface area (Å²) in [5.41, 5.74) is 0.820. The van der Waals surface area contributed by atoms with Crippen LogP contribution < -0.4 is 10.6 Å². The Labute approximate surface area is 136 Å². The van der Waals surface area contributed by atoms with Gasteiger partial charge in [0.05, 0.1) is 16.3 Å². The maximum atomic E-state index is 13.3. The molecule has 1 aromatic heterocycles. The van der Waals surface area contributed by atoms with Crippen LogP contribution in [0, 0.1) is 5.82 Å². The summed E-state index contributed by atoms with van der Waals surface area (Å²) in [4.78, 5) is 16.8. The summed E-state index contributed by atoms with van der Waals surface area (Å²) in [6.07, 6.45) is 3.05. The molecular formula is C17H16FN3OS. The van der Waals surface area contributed by atoms with Crippen molar-refractivity contribution >= 4 is 43.4 Å². The van der Waals surface area contributed by atoms with E-state index in [4.69, 9.17) is 0 Å². The van der Waals surface area contributed by atoms with Gasteiger partial charge in [-0.3, -0.25) is 4.79 Å².